The van der Waals surface area contributed by atoms with Gasteiger partial charge in [-0.05, 0) is 33.5 Å². The fourth-order valence-corrected chi connectivity index (χ4v) is 2.26. The maximum atomic E-state index is 12.7. The van der Waals surface area contributed by atoms with E-state index in [4.69, 9.17) is 5.73 Å². The van der Waals surface area contributed by atoms with Crippen molar-refractivity contribution >= 4 is 0 Å². The Morgan fingerprint density at radius 3 is 2.56 bits per heavy atom. The summed E-state index contributed by atoms with van der Waals surface area (Å²) >= 11 is 0. The lowest BCUT2D eigenvalue weighted by Crippen LogP contribution is -2.56. The quantitative estimate of drug-likeness (QED) is 0.794. The van der Waals surface area contributed by atoms with Crippen LogP contribution in [0, 0.1) is 0 Å². The lowest BCUT2D eigenvalue weighted by molar-refractivity contribution is -0.184. The number of nitrogens with two attached hydrogens (primary N) is 1. The molecule has 1 rings (SSSR count). The fourth-order valence-electron chi connectivity index (χ4n) is 2.26. The van der Waals surface area contributed by atoms with Gasteiger partial charge in [-0.15, -0.1) is 0 Å². The van der Waals surface area contributed by atoms with E-state index in [9.17, 15) is 13.2 Å². The maximum absolute atomic E-state index is 12.7. The summed E-state index contributed by atoms with van der Waals surface area (Å²) in [7, 11) is 3.46. The van der Waals surface area contributed by atoms with Gasteiger partial charge >= 0.3 is 6.18 Å². The van der Waals surface area contributed by atoms with Crippen LogP contribution < -0.4 is 5.73 Å². The number of piperidine rings is 1. The number of likely N-dealkylation sites (N-methyl/N-ethyl adjacent to an activating group) is 2. The second kappa shape index (κ2) is 5.33. The van der Waals surface area contributed by atoms with Crippen LogP contribution in [0.5, 0.6) is 0 Å². The van der Waals surface area contributed by atoms with Gasteiger partial charge in [-0.1, -0.05) is 0 Å². The molecule has 96 valence electrons. The predicted octanol–water partition coefficient (Wildman–Crippen LogP) is 0.902. The SMILES string of the molecule is CN1CCCC(N(C)C(CN)C(F)(F)F)C1. The van der Waals surface area contributed by atoms with Crippen LogP contribution in [-0.4, -0.2) is 61.8 Å². The van der Waals surface area contributed by atoms with Gasteiger partial charge in [0.15, 0.2) is 0 Å². The molecule has 3 nitrogen and oxygen atoms in total. The van der Waals surface area contributed by atoms with Crippen molar-refractivity contribution in [3.63, 3.8) is 0 Å². The average molecular weight is 239 g/mol. The maximum Gasteiger partial charge on any atom is 0.405 e. The Balaban J connectivity index is 2.63. The van der Waals surface area contributed by atoms with E-state index in [0.29, 0.717) is 6.54 Å². The van der Waals surface area contributed by atoms with E-state index < -0.39 is 12.2 Å². The summed E-state index contributed by atoms with van der Waals surface area (Å²) in [4.78, 5) is 3.45. The Morgan fingerprint density at radius 1 is 1.50 bits per heavy atom. The van der Waals surface area contributed by atoms with Crippen molar-refractivity contribution in [1.82, 2.24) is 9.80 Å². The van der Waals surface area contributed by atoms with Crippen molar-refractivity contribution < 1.29 is 13.2 Å². The normalized spacial score (nSPS) is 26.1. The standard InChI is InChI=1S/C10H20F3N3/c1-15-5-3-4-8(7-15)16(2)9(6-14)10(11,12)13/h8-9H,3-7,14H2,1-2H3. The molecule has 2 atom stereocenters. The minimum absolute atomic E-state index is 0.0473. The van der Waals surface area contributed by atoms with Crippen molar-refractivity contribution in [3.8, 4) is 0 Å². The van der Waals surface area contributed by atoms with Crippen LogP contribution in [0.1, 0.15) is 12.8 Å². The van der Waals surface area contributed by atoms with Gasteiger partial charge in [0.05, 0.1) is 0 Å². The minimum Gasteiger partial charge on any atom is -0.329 e. The molecule has 0 radical (unpaired) electrons. The summed E-state index contributed by atoms with van der Waals surface area (Å²) in [5, 5.41) is 0. The van der Waals surface area contributed by atoms with Crippen LogP contribution in [0.3, 0.4) is 0 Å². The van der Waals surface area contributed by atoms with Crippen LogP contribution >= 0.6 is 0 Å². The molecule has 16 heavy (non-hydrogen) atoms. The molecular formula is C10H20F3N3. The Kier molecular flexibility index (Phi) is 4.58. The van der Waals surface area contributed by atoms with E-state index in [1.165, 1.54) is 11.9 Å². The van der Waals surface area contributed by atoms with Gasteiger partial charge in [0.1, 0.15) is 6.04 Å². The molecule has 1 fully saturated rings. The topological polar surface area (TPSA) is 32.5 Å². The van der Waals surface area contributed by atoms with E-state index in [2.05, 4.69) is 4.90 Å². The Morgan fingerprint density at radius 2 is 2.12 bits per heavy atom. The van der Waals surface area contributed by atoms with Gasteiger partial charge in [0.25, 0.3) is 0 Å². The molecule has 0 aromatic carbocycles. The van der Waals surface area contributed by atoms with E-state index in [1.807, 2.05) is 7.05 Å². The molecule has 1 aliphatic rings. The van der Waals surface area contributed by atoms with Crippen molar-refractivity contribution in [1.29, 1.82) is 0 Å². The fraction of sp³-hybridized carbons (Fsp3) is 1.00. The lowest BCUT2D eigenvalue weighted by atomic mass is 10.0. The zero-order valence-corrected chi connectivity index (χ0v) is 9.80. The highest BCUT2D eigenvalue weighted by molar-refractivity contribution is 4.86. The van der Waals surface area contributed by atoms with Gasteiger partial charge in [0, 0.05) is 19.1 Å². The van der Waals surface area contributed by atoms with Crippen LogP contribution in [0.4, 0.5) is 13.2 Å². The van der Waals surface area contributed by atoms with Crippen molar-refractivity contribution in [2.45, 2.75) is 31.1 Å². The minimum atomic E-state index is -4.24. The molecule has 6 heteroatoms. The summed E-state index contributed by atoms with van der Waals surface area (Å²) in [6.45, 7) is 1.27. The molecule has 2 N–H and O–H groups in total. The molecule has 0 aliphatic carbocycles. The number of likely N-dealkylation sites (tertiary alicyclic amines) is 1. The highest BCUT2D eigenvalue weighted by Gasteiger charge is 2.43. The average Bonchev–Trinajstić information content (AvgIpc) is 2.16. The van der Waals surface area contributed by atoms with E-state index in [-0.39, 0.29) is 12.6 Å². The second-order valence-corrected chi connectivity index (χ2v) is 4.52. The van der Waals surface area contributed by atoms with Crippen LogP contribution in [0.25, 0.3) is 0 Å². The van der Waals surface area contributed by atoms with Gasteiger partial charge in [-0.3, -0.25) is 4.90 Å². The first kappa shape index (κ1) is 13.7. The Labute approximate surface area is 94.4 Å². The number of halogens is 3. The first-order valence-electron chi connectivity index (χ1n) is 5.53. The highest BCUT2D eigenvalue weighted by atomic mass is 19.4. The predicted molar refractivity (Wildman–Crippen MR) is 57.2 cm³/mol. The van der Waals surface area contributed by atoms with E-state index >= 15 is 0 Å². The molecule has 2 unspecified atom stereocenters. The molecule has 0 aromatic rings. The molecule has 1 aliphatic heterocycles. The summed E-state index contributed by atoms with van der Waals surface area (Å²) in [6.07, 6.45) is -2.48. The summed E-state index contributed by atoms with van der Waals surface area (Å²) in [6, 6.07) is -1.57. The van der Waals surface area contributed by atoms with Crippen LogP contribution in [-0.2, 0) is 0 Å². The molecular weight excluding hydrogens is 219 g/mol. The van der Waals surface area contributed by atoms with Crippen LogP contribution in [0.2, 0.25) is 0 Å². The van der Waals surface area contributed by atoms with E-state index in [1.54, 1.807) is 0 Å². The van der Waals surface area contributed by atoms with Gasteiger partial charge < -0.3 is 10.6 Å². The first-order valence-corrected chi connectivity index (χ1v) is 5.53. The monoisotopic (exact) mass is 239 g/mol. The molecule has 0 saturated carbocycles. The third-order valence-corrected chi connectivity index (χ3v) is 3.27. The molecule has 1 heterocycles. The van der Waals surface area contributed by atoms with Gasteiger partial charge in [-0.25, -0.2) is 0 Å². The molecule has 0 spiro atoms. The van der Waals surface area contributed by atoms with Crippen molar-refractivity contribution in [3.05, 3.63) is 0 Å². The smallest absolute Gasteiger partial charge is 0.329 e. The first-order chi connectivity index (χ1) is 7.36. The molecule has 1 saturated heterocycles. The Hall–Kier alpha value is -0.330. The number of rotatable bonds is 3. The highest BCUT2D eigenvalue weighted by Crippen LogP contribution is 2.26. The molecule has 0 aromatic heterocycles. The van der Waals surface area contributed by atoms with Gasteiger partial charge in [0.2, 0.25) is 0 Å². The summed E-state index contributed by atoms with van der Waals surface area (Å²) in [5.74, 6) is 0. The lowest BCUT2D eigenvalue weighted by Gasteiger charge is -2.40. The van der Waals surface area contributed by atoms with E-state index in [0.717, 1.165) is 19.4 Å². The van der Waals surface area contributed by atoms with Crippen molar-refractivity contribution in [2.24, 2.45) is 5.73 Å². The third-order valence-electron chi connectivity index (χ3n) is 3.27. The van der Waals surface area contributed by atoms with Crippen LogP contribution in [0.15, 0.2) is 0 Å². The summed E-state index contributed by atoms with van der Waals surface area (Å²) < 4.78 is 38.1. The number of hydrogen-bond donors (Lipinski definition) is 1. The summed E-state index contributed by atoms with van der Waals surface area (Å²) in [5.41, 5.74) is 5.23. The Bertz CT molecular complexity index is 220. The zero-order chi connectivity index (χ0) is 12.3. The number of alkyl halides is 3. The van der Waals surface area contributed by atoms with Gasteiger partial charge in [-0.2, -0.15) is 13.2 Å². The second-order valence-electron chi connectivity index (χ2n) is 4.52. The number of nitrogens with zero attached hydrogens (tertiary/aromatic N) is 2. The van der Waals surface area contributed by atoms with Crippen molar-refractivity contribution in [2.75, 3.05) is 33.7 Å². The largest absolute Gasteiger partial charge is 0.405 e. The zero-order valence-electron chi connectivity index (χ0n) is 9.80. The molecule has 0 bridgehead atoms. The molecule has 0 amide bonds. The third kappa shape index (κ3) is 3.33. The number of hydrogen-bond acceptors (Lipinski definition) is 3.